The minimum Gasteiger partial charge on any atom is -0.491 e. The van der Waals surface area contributed by atoms with Crippen LogP contribution >= 0.6 is 0 Å². The lowest BCUT2D eigenvalue weighted by atomic mass is 10.1. The highest BCUT2D eigenvalue weighted by atomic mass is 16.5. The number of carbonyl (C=O) groups excluding carboxylic acids is 1. The maximum absolute atomic E-state index is 12.3. The van der Waals surface area contributed by atoms with Gasteiger partial charge in [0.15, 0.2) is 0 Å². The molecule has 4 heteroatoms. The van der Waals surface area contributed by atoms with Gasteiger partial charge in [-0.15, -0.1) is 0 Å². The van der Waals surface area contributed by atoms with Crippen LogP contribution in [0.3, 0.4) is 0 Å². The van der Waals surface area contributed by atoms with Gasteiger partial charge in [0.2, 0.25) is 5.91 Å². The van der Waals surface area contributed by atoms with Crippen molar-refractivity contribution in [2.24, 2.45) is 17.8 Å². The van der Waals surface area contributed by atoms with Crippen molar-refractivity contribution in [1.82, 2.24) is 10.6 Å². The van der Waals surface area contributed by atoms with Gasteiger partial charge in [0.25, 0.3) is 0 Å². The SMILES string of the molecule is C=C/C(C)=C(\C=C)OCC(C)(C)NC(=O)C1C2CNCC21. The van der Waals surface area contributed by atoms with E-state index in [1.165, 1.54) is 0 Å². The fraction of sp³-hybridized carbons (Fsp3) is 0.588. The Morgan fingerprint density at radius 3 is 2.48 bits per heavy atom. The molecule has 0 aromatic carbocycles. The molecular weight excluding hydrogens is 264 g/mol. The van der Waals surface area contributed by atoms with Crippen molar-refractivity contribution < 1.29 is 9.53 Å². The van der Waals surface area contributed by atoms with Crippen molar-refractivity contribution >= 4 is 5.91 Å². The Kier molecular flexibility index (Phi) is 4.57. The summed E-state index contributed by atoms with van der Waals surface area (Å²) < 4.78 is 5.77. The van der Waals surface area contributed by atoms with Crippen molar-refractivity contribution in [3.8, 4) is 0 Å². The average molecular weight is 290 g/mol. The standard InChI is InChI=1S/C17H26N2O2/c1-6-11(3)14(7-2)21-10-17(4,5)19-16(20)15-12-8-18-9-13(12)15/h6-7,12-13,15,18H,1-2,8-10H2,3-5H3,(H,19,20)/b14-11+. The number of nitrogens with one attached hydrogen (secondary N) is 2. The molecule has 1 aliphatic carbocycles. The number of allylic oxidation sites excluding steroid dienone is 3. The lowest BCUT2D eigenvalue weighted by molar-refractivity contribution is -0.125. The number of hydrogen-bond acceptors (Lipinski definition) is 3. The molecule has 2 unspecified atom stereocenters. The second-order valence-corrected chi connectivity index (χ2v) is 6.63. The van der Waals surface area contributed by atoms with Gasteiger partial charge in [-0.2, -0.15) is 0 Å². The van der Waals surface area contributed by atoms with Crippen LogP contribution in [0.1, 0.15) is 20.8 Å². The number of hydrogen-bond donors (Lipinski definition) is 2. The minimum absolute atomic E-state index is 0.157. The van der Waals surface area contributed by atoms with E-state index in [1.807, 2.05) is 20.8 Å². The van der Waals surface area contributed by atoms with Crippen LogP contribution < -0.4 is 10.6 Å². The Hall–Kier alpha value is -1.55. The number of amides is 1. The Morgan fingerprint density at radius 2 is 1.95 bits per heavy atom. The van der Waals surface area contributed by atoms with Crippen molar-refractivity contribution in [2.75, 3.05) is 19.7 Å². The molecule has 2 aliphatic rings. The Labute approximate surface area is 127 Å². The molecule has 0 bridgehead atoms. The molecule has 2 N–H and O–H groups in total. The molecule has 2 rings (SSSR count). The van der Waals surface area contributed by atoms with Gasteiger partial charge in [0, 0.05) is 5.92 Å². The van der Waals surface area contributed by atoms with Crippen molar-refractivity contribution in [1.29, 1.82) is 0 Å². The number of fused-ring (bicyclic) bond motifs is 1. The van der Waals surface area contributed by atoms with Crippen molar-refractivity contribution in [3.05, 3.63) is 36.6 Å². The third kappa shape index (κ3) is 3.56. The largest absolute Gasteiger partial charge is 0.491 e. The van der Waals surface area contributed by atoms with Gasteiger partial charge in [-0.3, -0.25) is 4.79 Å². The first-order chi connectivity index (χ1) is 9.89. The van der Waals surface area contributed by atoms with Crippen LogP contribution in [0.25, 0.3) is 0 Å². The smallest absolute Gasteiger partial charge is 0.224 e. The fourth-order valence-corrected chi connectivity index (χ4v) is 2.95. The van der Waals surface area contributed by atoms with Gasteiger partial charge >= 0.3 is 0 Å². The van der Waals surface area contributed by atoms with Gasteiger partial charge in [0.05, 0.1) is 5.54 Å². The van der Waals surface area contributed by atoms with Crippen LogP contribution in [-0.4, -0.2) is 31.1 Å². The van der Waals surface area contributed by atoms with Crippen molar-refractivity contribution in [2.45, 2.75) is 26.3 Å². The van der Waals surface area contributed by atoms with Gasteiger partial charge in [0.1, 0.15) is 12.4 Å². The molecule has 2 fully saturated rings. The van der Waals surface area contributed by atoms with Crippen LogP contribution in [0.4, 0.5) is 0 Å². The molecule has 0 radical (unpaired) electrons. The van der Waals surface area contributed by atoms with E-state index in [9.17, 15) is 4.79 Å². The summed E-state index contributed by atoms with van der Waals surface area (Å²) in [4.78, 5) is 12.3. The summed E-state index contributed by atoms with van der Waals surface area (Å²) in [5, 5.41) is 6.41. The maximum Gasteiger partial charge on any atom is 0.224 e. The summed E-state index contributed by atoms with van der Waals surface area (Å²) in [6.07, 6.45) is 3.41. The van der Waals surface area contributed by atoms with E-state index >= 15 is 0 Å². The van der Waals surface area contributed by atoms with Crippen LogP contribution in [-0.2, 0) is 9.53 Å². The lowest BCUT2D eigenvalue weighted by Gasteiger charge is -2.27. The van der Waals surface area contributed by atoms with E-state index in [2.05, 4.69) is 23.8 Å². The van der Waals surface area contributed by atoms with E-state index in [1.54, 1.807) is 12.2 Å². The third-order valence-corrected chi connectivity index (χ3v) is 4.32. The van der Waals surface area contributed by atoms with Crippen LogP contribution in [0.2, 0.25) is 0 Å². The summed E-state index contributed by atoms with van der Waals surface area (Å²) >= 11 is 0. The lowest BCUT2D eigenvalue weighted by Crippen LogP contribution is -2.48. The molecule has 1 saturated carbocycles. The summed E-state index contributed by atoms with van der Waals surface area (Å²) in [7, 11) is 0. The molecule has 1 aliphatic heterocycles. The average Bonchev–Trinajstić information content (AvgIpc) is 2.92. The molecule has 0 aromatic rings. The molecule has 1 saturated heterocycles. The van der Waals surface area contributed by atoms with E-state index in [0.717, 1.165) is 18.7 Å². The quantitative estimate of drug-likeness (QED) is 0.557. The fourth-order valence-electron chi connectivity index (χ4n) is 2.95. The summed E-state index contributed by atoms with van der Waals surface area (Å²) in [5.74, 6) is 2.13. The first-order valence-corrected chi connectivity index (χ1v) is 7.51. The molecule has 1 amide bonds. The molecule has 1 heterocycles. The highest BCUT2D eigenvalue weighted by molar-refractivity contribution is 5.83. The zero-order valence-electron chi connectivity index (χ0n) is 13.2. The molecule has 4 nitrogen and oxygen atoms in total. The zero-order chi connectivity index (χ0) is 15.6. The number of ether oxygens (including phenoxy) is 1. The van der Waals surface area contributed by atoms with Gasteiger partial charge in [-0.05, 0) is 57.3 Å². The van der Waals surface area contributed by atoms with Crippen LogP contribution in [0, 0.1) is 17.8 Å². The summed E-state index contributed by atoms with van der Waals surface area (Å²) in [6, 6.07) is 0. The molecule has 116 valence electrons. The molecule has 2 atom stereocenters. The Balaban J connectivity index is 1.85. The third-order valence-electron chi connectivity index (χ3n) is 4.32. The predicted octanol–water partition coefficient (Wildman–Crippen LogP) is 2.01. The van der Waals surface area contributed by atoms with Crippen LogP contribution in [0.5, 0.6) is 0 Å². The maximum atomic E-state index is 12.3. The highest BCUT2D eigenvalue weighted by Crippen LogP contribution is 2.48. The zero-order valence-corrected chi connectivity index (χ0v) is 13.2. The highest BCUT2D eigenvalue weighted by Gasteiger charge is 2.57. The number of rotatable bonds is 7. The second kappa shape index (κ2) is 6.06. The molecule has 0 spiro atoms. The normalized spacial score (nSPS) is 28.2. The summed E-state index contributed by atoms with van der Waals surface area (Å²) in [5.41, 5.74) is 0.534. The molecule has 21 heavy (non-hydrogen) atoms. The second-order valence-electron chi connectivity index (χ2n) is 6.63. The van der Waals surface area contributed by atoms with E-state index in [4.69, 9.17) is 4.74 Å². The molecular formula is C17H26N2O2. The van der Waals surface area contributed by atoms with Gasteiger partial charge < -0.3 is 15.4 Å². The first-order valence-electron chi connectivity index (χ1n) is 7.51. The Bertz CT molecular complexity index is 469. The Morgan fingerprint density at radius 1 is 1.33 bits per heavy atom. The van der Waals surface area contributed by atoms with E-state index < -0.39 is 5.54 Å². The molecule has 0 aromatic heterocycles. The topological polar surface area (TPSA) is 50.4 Å². The number of carbonyl (C=O) groups is 1. The predicted molar refractivity (Wildman–Crippen MR) is 84.6 cm³/mol. The monoisotopic (exact) mass is 290 g/mol. The van der Waals surface area contributed by atoms with Crippen LogP contribution in [0.15, 0.2) is 36.6 Å². The summed E-state index contributed by atoms with van der Waals surface area (Å²) in [6.45, 7) is 15.7. The van der Waals surface area contributed by atoms with Gasteiger partial charge in [-0.25, -0.2) is 0 Å². The van der Waals surface area contributed by atoms with E-state index in [0.29, 0.717) is 24.2 Å². The number of piperidine rings is 1. The first kappa shape index (κ1) is 15.8. The minimum atomic E-state index is -0.406. The van der Waals surface area contributed by atoms with Gasteiger partial charge in [-0.1, -0.05) is 19.2 Å². The van der Waals surface area contributed by atoms with E-state index in [-0.39, 0.29) is 11.8 Å². The van der Waals surface area contributed by atoms with Crippen molar-refractivity contribution in [3.63, 3.8) is 0 Å².